The maximum Gasteiger partial charge on any atom is 0.270 e. The van der Waals surface area contributed by atoms with Crippen molar-refractivity contribution in [3.05, 3.63) is 39.6 Å². The molecule has 0 aliphatic heterocycles. The van der Waals surface area contributed by atoms with Crippen LogP contribution in [0.25, 0.3) is 10.9 Å². The van der Waals surface area contributed by atoms with Gasteiger partial charge in [0, 0.05) is 35.2 Å². The Kier molecular flexibility index (Phi) is 2.62. The predicted molar refractivity (Wildman–Crippen MR) is 61.1 cm³/mol. The van der Waals surface area contributed by atoms with Crippen molar-refractivity contribution in [3.63, 3.8) is 0 Å². The highest BCUT2D eigenvalue weighted by atomic mass is 16.6. The lowest BCUT2D eigenvalue weighted by Crippen LogP contribution is -2.51. The fraction of sp³-hybridized carbons (Fsp3) is 0.273. The van der Waals surface area contributed by atoms with Crippen LogP contribution in [0.4, 0.5) is 5.69 Å². The lowest BCUT2D eigenvalue weighted by atomic mass is 10.1. The zero-order valence-electron chi connectivity index (χ0n) is 9.12. The van der Waals surface area contributed by atoms with E-state index < -0.39 is 0 Å². The van der Waals surface area contributed by atoms with E-state index in [2.05, 4.69) is 10.7 Å². The van der Waals surface area contributed by atoms with Gasteiger partial charge in [0.2, 0.25) is 0 Å². The second-order valence-corrected chi connectivity index (χ2v) is 3.82. The number of hydrogen-bond donors (Lipinski definition) is 2. The minimum Gasteiger partial charge on any atom is -0.358 e. The van der Waals surface area contributed by atoms with Crippen LogP contribution < -0.4 is 5.73 Å². The molecule has 0 aliphatic rings. The smallest absolute Gasteiger partial charge is 0.270 e. The van der Waals surface area contributed by atoms with Gasteiger partial charge in [-0.3, -0.25) is 10.1 Å². The summed E-state index contributed by atoms with van der Waals surface area (Å²) in [5.41, 5.74) is 7.11. The normalized spacial score (nSPS) is 10.9. The number of quaternary nitrogens is 1. The maximum absolute atomic E-state index is 10.7. The molecule has 0 bridgehead atoms. The summed E-state index contributed by atoms with van der Waals surface area (Å²) in [5.74, 6) is 0. The number of aromatic nitrogens is 1. The second-order valence-electron chi connectivity index (χ2n) is 3.82. The molecule has 2 aromatic rings. The van der Waals surface area contributed by atoms with Crippen LogP contribution >= 0.6 is 0 Å². The topological polar surface area (TPSA) is 86.6 Å². The third kappa shape index (κ3) is 1.65. The number of aromatic amines is 1. The van der Waals surface area contributed by atoms with E-state index in [-0.39, 0.29) is 10.6 Å². The van der Waals surface area contributed by atoms with Crippen LogP contribution in [0.5, 0.6) is 0 Å². The second kappa shape index (κ2) is 3.94. The Morgan fingerprint density at radius 1 is 1.50 bits per heavy atom. The molecule has 0 fully saturated rings. The lowest BCUT2D eigenvalue weighted by Gasteiger charge is -1.96. The summed E-state index contributed by atoms with van der Waals surface area (Å²) >= 11 is 0. The molecule has 1 aromatic heterocycles. The Bertz CT molecular complexity index is 545. The van der Waals surface area contributed by atoms with Gasteiger partial charge in [-0.15, -0.1) is 0 Å². The van der Waals surface area contributed by atoms with Crippen molar-refractivity contribution in [2.24, 2.45) is 0 Å². The van der Waals surface area contributed by atoms with E-state index >= 15 is 0 Å². The molecule has 1 heterocycles. The number of aryl methyl sites for hydroxylation is 1. The number of H-pyrrole nitrogens is 1. The number of benzene rings is 1. The number of nitro groups is 1. The molecule has 0 atom stereocenters. The van der Waals surface area contributed by atoms with Crippen LogP contribution in [0.2, 0.25) is 0 Å². The van der Waals surface area contributed by atoms with Crippen LogP contribution in [0.1, 0.15) is 11.3 Å². The number of hydrogen-bond acceptors (Lipinski definition) is 2. The highest BCUT2D eigenvalue weighted by Crippen LogP contribution is 2.26. The molecule has 0 amide bonds. The number of nitrogens with zero attached hydrogens (tertiary/aromatic N) is 1. The number of nitro benzene ring substituents is 1. The monoisotopic (exact) mass is 220 g/mol. The van der Waals surface area contributed by atoms with Gasteiger partial charge >= 0.3 is 0 Å². The van der Waals surface area contributed by atoms with Crippen molar-refractivity contribution in [2.75, 3.05) is 6.54 Å². The van der Waals surface area contributed by atoms with E-state index in [0.29, 0.717) is 0 Å². The third-order valence-corrected chi connectivity index (χ3v) is 2.74. The molecule has 5 heteroatoms. The van der Waals surface area contributed by atoms with Crippen LogP contribution in [0, 0.1) is 17.0 Å². The summed E-state index contributed by atoms with van der Waals surface area (Å²) < 4.78 is 0. The summed E-state index contributed by atoms with van der Waals surface area (Å²) in [6.07, 6.45) is 0.840. The van der Waals surface area contributed by atoms with E-state index in [1.54, 1.807) is 12.1 Å². The first-order chi connectivity index (χ1) is 7.63. The van der Waals surface area contributed by atoms with Crippen molar-refractivity contribution in [1.29, 1.82) is 0 Å². The number of non-ortho nitro benzene ring substituents is 1. The molecule has 0 unspecified atom stereocenters. The lowest BCUT2D eigenvalue weighted by molar-refractivity contribution is -0.384. The molecule has 84 valence electrons. The molecule has 0 saturated heterocycles. The van der Waals surface area contributed by atoms with Gasteiger partial charge in [0.05, 0.1) is 11.5 Å². The van der Waals surface area contributed by atoms with Gasteiger partial charge in [-0.05, 0) is 18.6 Å². The van der Waals surface area contributed by atoms with Crippen molar-refractivity contribution in [3.8, 4) is 0 Å². The molecule has 16 heavy (non-hydrogen) atoms. The summed E-state index contributed by atoms with van der Waals surface area (Å²) in [6, 6.07) is 4.91. The van der Waals surface area contributed by atoms with E-state index in [0.717, 1.165) is 35.1 Å². The van der Waals surface area contributed by atoms with E-state index in [1.165, 1.54) is 6.07 Å². The van der Waals surface area contributed by atoms with Gasteiger partial charge < -0.3 is 10.7 Å². The molecule has 0 spiro atoms. The van der Waals surface area contributed by atoms with Crippen molar-refractivity contribution in [1.82, 2.24) is 4.98 Å². The summed E-state index contributed by atoms with van der Waals surface area (Å²) in [5, 5.41) is 11.6. The number of nitrogens with one attached hydrogen (secondary N) is 1. The van der Waals surface area contributed by atoms with Crippen molar-refractivity contribution >= 4 is 16.6 Å². The number of rotatable bonds is 3. The first-order valence-corrected chi connectivity index (χ1v) is 5.18. The Balaban J connectivity index is 2.64. The summed E-state index contributed by atoms with van der Waals surface area (Å²) in [6.45, 7) is 2.77. The Labute approximate surface area is 92.4 Å². The zero-order chi connectivity index (χ0) is 11.7. The Morgan fingerprint density at radius 2 is 2.25 bits per heavy atom. The number of fused-ring (bicyclic) bond motifs is 1. The van der Waals surface area contributed by atoms with Crippen molar-refractivity contribution < 1.29 is 10.7 Å². The van der Waals surface area contributed by atoms with E-state index in [9.17, 15) is 10.1 Å². The van der Waals surface area contributed by atoms with Gasteiger partial charge in [-0.2, -0.15) is 0 Å². The molecule has 0 aliphatic carbocycles. The molecule has 0 saturated carbocycles. The highest BCUT2D eigenvalue weighted by molar-refractivity contribution is 5.86. The SMILES string of the molecule is Cc1[nH]c2ccc([N+](=O)[O-])cc2c1CC[NH3+]. The minimum absolute atomic E-state index is 0.136. The predicted octanol–water partition coefficient (Wildman–Crippen LogP) is 1.17. The first kappa shape index (κ1) is 10.6. The minimum atomic E-state index is -0.365. The van der Waals surface area contributed by atoms with Gasteiger partial charge in [0.25, 0.3) is 5.69 Å². The maximum atomic E-state index is 10.7. The van der Waals surface area contributed by atoms with Crippen LogP contribution in [0.3, 0.4) is 0 Å². The highest BCUT2D eigenvalue weighted by Gasteiger charge is 2.12. The molecular weight excluding hydrogens is 206 g/mol. The quantitative estimate of drug-likeness (QED) is 0.600. The summed E-state index contributed by atoms with van der Waals surface area (Å²) in [7, 11) is 0. The first-order valence-electron chi connectivity index (χ1n) is 5.18. The largest absolute Gasteiger partial charge is 0.358 e. The molecule has 2 rings (SSSR count). The third-order valence-electron chi connectivity index (χ3n) is 2.74. The molecular formula is C11H14N3O2+. The standard InChI is InChI=1S/C11H13N3O2/c1-7-9(4-5-12)10-6-8(14(15)16)2-3-11(10)13-7/h2-3,6,13H,4-5,12H2,1H3/p+1. The van der Waals surface area contributed by atoms with Gasteiger partial charge in [-0.25, -0.2) is 0 Å². The molecule has 5 nitrogen and oxygen atoms in total. The fourth-order valence-corrected chi connectivity index (χ4v) is 1.98. The van der Waals surface area contributed by atoms with E-state index in [4.69, 9.17) is 0 Å². The van der Waals surface area contributed by atoms with Crippen molar-refractivity contribution in [2.45, 2.75) is 13.3 Å². The Morgan fingerprint density at radius 3 is 2.88 bits per heavy atom. The average molecular weight is 220 g/mol. The van der Waals surface area contributed by atoms with Crippen LogP contribution in [0.15, 0.2) is 18.2 Å². The van der Waals surface area contributed by atoms with Crippen LogP contribution in [-0.2, 0) is 6.42 Å². The average Bonchev–Trinajstić information content (AvgIpc) is 2.55. The van der Waals surface area contributed by atoms with Gasteiger partial charge in [0.15, 0.2) is 0 Å². The molecule has 0 radical (unpaired) electrons. The van der Waals surface area contributed by atoms with E-state index in [1.807, 2.05) is 6.92 Å². The summed E-state index contributed by atoms with van der Waals surface area (Å²) in [4.78, 5) is 13.6. The molecule has 4 N–H and O–H groups in total. The van der Waals surface area contributed by atoms with Gasteiger partial charge in [-0.1, -0.05) is 0 Å². The molecule has 1 aromatic carbocycles. The fourth-order valence-electron chi connectivity index (χ4n) is 1.98. The van der Waals surface area contributed by atoms with Gasteiger partial charge in [0.1, 0.15) is 0 Å². The Hall–Kier alpha value is -1.88. The van der Waals surface area contributed by atoms with Crippen LogP contribution in [-0.4, -0.2) is 16.5 Å². The zero-order valence-corrected chi connectivity index (χ0v) is 9.12.